The number of carbonyl (C=O) groups excluding carboxylic acids is 6. The van der Waals surface area contributed by atoms with Crippen LogP contribution in [0.15, 0.2) is 97.1 Å². The summed E-state index contributed by atoms with van der Waals surface area (Å²) in [5.41, 5.74) is -0.697. The molecule has 0 unspecified atom stereocenters. The lowest BCUT2D eigenvalue weighted by Gasteiger charge is -2.44. The zero-order chi connectivity index (χ0) is 45.1. The number of rotatable bonds is 16. The number of hydrogen-bond donors (Lipinski definition) is 3. The van der Waals surface area contributed by atoms with Gasteiger partial charge in [-0.1, -0.05) is 113 Å². The Balaban J connectivity index is 1.27. The Morgan fingerprint density at radius 2 is 1.52 bits per heavy atom. The van der Waals surface area contributed by atoms with Crippen LogP contribution in [0.4, 0.5) is 0 Å². The van der Waals surface area contributed by atoms with E-state index in [4.69, 9.17) is 9.16 Å². The molecule has 0 saturated carbocycles. The number of allylic oxidation sites excluding steroid dienone is 2. The minimum Gasteiger partial charge on any atom is -0.482 e. The van der Waals surface area contributed by atoms with Gasteiger partial charge in [-0.25, -0.2) is 4.79 Å². The van der Waals surface area contributed by atoms with Crippen molar-refractivity contribution in [1.29, 1.82) is 0 Å². The Labute approximate surface area is 366 Å². The number of nitrogens with one attached hydrogen (secondary N) is 3. The normalized spacial score (nSPS) is 21.8. The predicted octanol–water partition coefficient (Wildman–Crippen LogP) is 4.30. The summed E-state index contributed by atoms with van der Waals surface area (Å²) in [7, 11) is -1.68. The number of Topliss-reactive ketones (excluding diaryl/α,β-unsaturated/α-hetero) is 1. The number of methoxy groups -OCH3 is 1. The number of fused-ring (bicyclic) bond motifs is 1. The summed E-state index contributed by atoms with van der Waals surface area (Å²) in [5, 5.41) is 10.5. The number of benzene rings is 3. The first kappa shape index (κ1) is 47.4. The van der Waals surface area contributed by atoms with Crippen LogP contribution in [-0.4, -0.2) is 98.6 Å². The maximum absolute atomic E-state index is 14.2. The van der Waals surface area contributed by atoms with Gasteiger partial charge in [0.15, 0.2) is 12.4 Å². The Bertz CT molecular complexity index is 2030. The summed E-state index contributed by atoms with van der Waals surface area (Å²) < 4.78 is 17.1. The smallest absolute Gasteiger partial charge is 0.343 e. The molecule has 4 amide bonds. The fourth-order valence-electron chi connectivity index (χ4n) is 8.15. The molecule has 0 spiro atoms. The van der Waals surface area contributed by atoms with Crippen molar-refractivity contribution in [2.75, 3.05) is 20.3 Å². The molecule has 14 heteroatoms. The Morgan fingerprint density at radius 1 is 0.887 bits per heavy atom. The van der Waals surface area contributed by atoms with Crippen LogP contribution in [0.1, 0.15) is 85.6 Å². The fourth-order valence-corrected chi connectivity index (χ4v) is 12.8. The molecular formula is C48H62N4O9Si. The maximum Gasteiger partial charge on any atom is 0.343 e. The van der Waals surface area contributed by atoms with Gasteiger partial charge in [-0.05, 0) is 79.1 Å². The Morgan fingerprint density at radius 3 is 2.10 bits per heavy atom. The van der Waals surface area contributed by atoms with E-state index in [0.29, 0.717) is 37.1 Å². The lowest BCUT2D eigenvalue weighted by molar-refractivity contribution is -0.144. The molecule has 3 aromatic carbocycles. The van der Waals surface area contributed by atoms with Crippen LogP contribution >= 0.6 is 0 Å². The summed E-state index contributed by atoms with van der Waals surface area (Å²) >= 11 is 0. The van der Waals surface area contributed by atoms with Crippen LogP contribution in [0.5, 0.6) is 5.75 Å². The van der Waals surface area contributed by atoms with E-state index in [1.807, 2.05) is 49.4 Å². The summed E-state index contributed by atoms with van der Waals surface area (Å²) in [6, 6.07) is 24.2. The molecule has 2 fully saturated rings. The van der Waals surface area contributed by atoms with Gasteiger partial charge in [-0.3, -0.25) is 24.0 Å². The molecule has 13 nitrogen and oxygen atoms in total. The molecule has 3 aromatic rings. The number of ketones is 1. The van der Waals surface area contributed by atoms with Gasteiger partial charge in [-0.2, -0.15) is 0 Å². The number of nitrogens with zero attached hydrogens (tertiary/aromatic N) is 1. The van der Waals surface area contributed by atoms with E-state index in [-0.39, 0.29) is 43.1 Å². The van der Waals surface area contributed by atoms with Crippen LogP contribution in [0, 0.1) is 0 Å². The van der Waals surface area contributed by atoms with E-state index in [2.05, 4.69) is 65.7 Å². The Kier molecular flexibility index (Phi) is 16.1. The monoisotopic (exact) mass is 866 g/mol. The highest BCUT2D eigenvalue weighted by Gasteiger charge is 2.51. The van der Waals surface area contributed by atoms with Crippen LogP contribution < -0.4 is 31.1 Å². The number of ether oxygens (including phenoxy) is 2. The minimum atomic E-state index is -2.95. The lowest BCUT2D eigenvalue weighted by atomic mass is 9.94. The van der Waals surface area contributed by atoms with E-state index in [1.54, 1.807) is 44.2 Å². The zero-order valence-corrected chi connectivity index (χ0v) is 38.0. The molecule has 332 valence electrons. The van der Waals surface area contributed by atoms with Crippen molar-refractivity contribution in [3.05, 3.63) is 103 Å². The van der Waals surface area contributed by atoms with E-state index in [1.165, 1.54) is 12.0 Å². The topological polar surface area (TPSA) is 169 Å². The highest BCUT2D eigenvalue weighted by atomic mass is 28.4. The van der Waals surface area contributed by atoms with Crippen molar-refractivity contribution in [2.24, 2.45) is 0 Å². The van der Waals surface area contributed by atoms with Crippen molar-refractivity contribution in [1.82, 2.24) is 20.9 Å². The number of amides is 4. The lowest BCUT2D eigenvalue weighted by Crippen LogP contribution is -2.68. The standard InChI is InChI=1S/C48H62N4O9Si/c1-8-48(6)46(58)50-39(31-34-26-28-35(29-27-34)60-32-42(54)59-7)45(57)52-30-18-24-40(52)44(56)49-38(43(55)51-48)23-16-11-17-25-41(53)33(2)61-62(47(3,4)5,36-19-12-9-13-20-36)37-21-14-10-15-22-37/h9-15,17,19-22,26-29,33,38-40H,8,16,18,23-25,30-32H2,1-7H3,(H,49,56)(H,50,58)(H,51,55)/t33-,38+,39+,40-,48+/m1/s1. The minimum absolute atomic E-state index is 0.0815. The number of esters is 1. The molecule has 2 aliphatic rings. The molecule has 2 aliphatic heterocycles. The fraction of sp³-hybridized carbons (Fsp3) is 0.458. The van der Waals surface area contributed by atoms with Crippen LogP contribution in [0.25, 0.3) is 0 Å². The zero-order valence-electron chi connectivity index (χ0n) is 37.0. The van der Waals surface area contributed by atoms with E-state index >= 15 is 0 Å². The van der Waals surface area contributed by atoms with Gasteiger partial charge < -0.3 is 34.8 Å². The van der Waals surface area contributed by atoms with Gasteiger partial charge in [0.05, 0.1) is 7.11 Å². The first-order chi connectivity index (χ1) is 29.5. The summed E-state index contributed by atoms with van der Waals surface area (Å²) in [5.74, 6) is -2.08. The Hall–Kier alpha value is -5.60. The second-order valence-electron chi connectivity index (χ2n) is 17.3. The van der Waals surface area contributed by atoms with Gasteiger partial charge in [0, 0.05) is 19.4 Å². The molecule has 5 rings (SSSR count). The third-order valence-corrected chi connectivity index (χ3v) is 17.1. The summed E-state index contributed by atoms with van der Waals surface area (Å²) in [4.78, 5) is 82.7. The van der Waals surface area contributed by atoms with Gasteiger partial charge in [-0.15, -0.1) is 0 Å². The molecule has 0 aromatic heterocycles. The number of carbonyl (C=O) groups is 6. The van der Waals surface area contributed by atoms with Crippen molar-refractivity contribution in [3.63, 3.8) is 0 Å². The average molecular weight is 867 g/mol. The molecule has 0 radical (unpaired) electrons. The van der Waals surface area contributed by atoms with Crippen LogP contribution in [0.2, 0.25) is 5.04 Å². The first-order valence-corrected chi connectivity index (χ1v) is 23.4. The van der Waals surface area contributed by atoms with E-state index in [9.17, 15) is 28.8 Å². The van der Waals surface area contributed by atoms with Gasteiger partial charge in [0.25, 0.3) is 8.32 Å². The van der Waals surface area contributed by atoms with Crippen LogP contribution in [-0.2, 0) is 44.4 Å². The third-order valence-electron chi connectivity index (χ3n) is 12.0. The quantitative estimate of drug-likeness (QED) is 0.108. The number of hydrogen-bond acceptors (Lipinski definition) is 9. The van der Waals surface area contributed by atoms with Crippen molar-refractivity contribution in [3.8, 4) is 5.75 Å². The second kappa shape index (κ2) is 21.0. The molecule has 62 heavy (non-hydrogen) atoms. The molecule has 2 heterocycles. The highest BCUT2D eigenvalue weighted by molar-refractivity contribution is 6.99. The van der Waals surface area contributed by atoms with Crippen LogP contribution in [0.3, 0.4) is 0 Å². The second-order valence-corrected chi connectivity index (χ2v) is 21.6. The first-order valence-electron chi connectivity index (χ1n) is 21.5. The third kappa shape index (κ3) is 11.3. The summed E-state index contributed by atoms with van der Waals surface area (Å²) in [6.45, 7) is 11.7. The molecule has 3 N–H and O–H groups in total. The molecule has 2 saturated heterocycles. The average Bonchev–Trinajstić information content (AvgIpc) is 3.77. The van der Waals surface area contributed by atoms with Gasteiger partial charge in [0.1, 0.15) is 35.5 Å². The molecule has 0 aliphatic carbocycles. The predicted molar refractivity (Wildman–Crippen MR) is 239 cm³/mol. The van der Waals surface area contributed by atoms with E-state index in [0.717, 1.165) is 10.4 Å². The summed E-state index contributed by atoms with van der Waals surface area (Å²) in [6.07, 6.45) is 4.86. The van der Waals surface area contributed by atoms with Gasteiger partial charge in [0.2, 0.25) is 23.6 Å². The van der Waals surface area contributed by atoms with Gasteiger partial charge >= 0.3 is 5.97 Å². The van der Waals surface area contributed by atoms with Crippen molar-refractivity contribution >= 4 is 54.1 Å². The van der Waals surface area contributed by atoms with Crippen molar-refractivity contribution < 1.29 is 42.7 Å². The maximum atomic E-state index is 14.2. The molecular weight excluding hydrogens is 805 g/mol. The van der Waals surface area contributed by atoms with Crippen molar-refractivity contribution in [2.45, 2.75) is 121 Å². The largest absolute Gasteiger partial charge is 0.482 e. The SMILES string of the molecule is CC[C@]1(C)NC(=O)[C@H](CCC=CCC(=O)[C@@H](C)O[Si](c2ccccc2)(c2ccccc2)C(C)(C)C)NC(=O)[C@H]2CCCN2C(=O)[C@H](Cc2ccc(OCC(=O)OC)cc2)NC1=O. The van der Waals surface area contributed by atoms with E-state index < -0.39 is 67.7 Å². The molecule has 0 bridgehead atoms. The molecule has 5 atom stereocenters. The highest BCUT2D eigenvalue weighted by Crippen LogP contribution is 2.37.